The predicted molar refractivity (Wildman–Crippen MR) is 111 cm³/mol. The van der Waals surface area contributed by atoms with Crippen LogP contribution in [0.2, 0.25) is 0 Å². The molecule has 6 nitrogen and oxygen atoms in total. The van der Waals surface area contributed by atoms with Gasteiger partial charge in [-0.1, -0.05) is 27.7 Å². The van der Waals surface area contributed by atoms with Gasteiger partial charge in [0.05, 0.1) is 5.92 Å². The Kier molecular flexibility index (Phi) is 10.1. The van der Waals surface area contributed by atoms with Gasteiger partial charge in [0.1, 0.15) is 0 Å². The van der Waals surface area contributed by atoms with Gasteiger partial charge in [0.15, 0.2) is 23.1 Å². The summed E-state index contributed by atoms with van der Waals surface area (Å²) < 4.78 is 0. The van der Waals surface area contributed by atoms with Crippen molar-refractivity contribution in [3.63, 3.8) is 0 Å². The van der Waals surface area contributed by atoms with E-state index in [1.165, 1.54) is 18.2 Å². The summed E-state index contributed by atoms with van der Waals surface area (Å²) in [4.78, 5) is 54.4. The van der Waals surface area contributed by atoms with E-state index in [9.17, 15) is 24.0 Å². The first-order valence-corrected chi connectivity index (χ1v) is 9.37. The Morgan fingerprint density at radius 1 is 0.724 bits per heavy atom. The molecule has 0 saturated carbocycles. The van der Waals surface area contributed by atoms with Gasteiger partial charge in [-0.3, -0.25) is 24.0 Å². The normalized spacial score (nSPS) is 16.6. The molecule has 0 atom stereocenters. The van der Waals surface area contributed by atoms with E-state index in [1.54, 1.807) is 41.5 Å². The van der Waals surface area contributed by atoms with Gasteiger partial charge in [-0.2, -0.15) is 0 Å². The van der Waals surface area contributed by atoms with Gasteiger partial charge < -0.3 is 5.11 Å². The number of ketones is 4. The lowest BCUT2D eigenvalue weighted by Crippen LogP contribution is -2.19. The Morgan fingerprint density at radius 2 is 1.07 bits per heavy atom. The SMILES string of the molecule is CC(C)C(=O)O.CC1=C(C)C(=O)C(C(C)C)=CC1=O.CC1=C(C)C(=O)C=CC1=O. The summed E-state index contributed by atoms with van der Waals surface area (Å²) in [5, 5.41) is 7.99. The minimum absolute atomic E-state index is 0.0205. The van der Waals surface area contributed by atoms with Crippen molar-refractivity contribution in [3.05, 3.63) is 46.1 Å². The fraction of sp³-hybridized carbons (Fsp3) is 0.435. The fourth-order valence-electron chi connectivity index (χ4n) is 2.09. The molecule has 0 aliphatic heterocycles. The van der Waals surface area contributed by atoms with Crippen molar-refractivity contribution in [1.82, 2.24) is 0 Å². The van der Waals surface area contributed by atoms with Crippen LogP contribution in [-0.4, -0.2) is 34.2 Å². The van der Waals surface area contributed by atoms with Crippen molar-refractivity contribution in [2.75, 3.05) is 0 Å². The number of carboxylic acid groups (broad SMARTS) is 1. The summed E-state index contributed by atoms with van der Waals surface area (Å²) in [5.41, 5.74) is 2.93. The third kappa shape index (κ3) is 7.56. The van der Waals surface area contributed by atoms with Crippen LogP contribution in [0.25, 0.3) is 0 Å². The minimum atomic E-state index is -0.741. The van der Waals surface area contributed by atoms with Crippen LogP contribution in [0, 0.1) is 11.8 Å². The van der Waals surface area contributed by atoms with Gasteiger partial charge >= 0.3 is 5.97 Å². The number of carbonyl (C=O) groups excluding carboxylic acids is 4. The molecule has 0 unspecified atom stereocenters. The second kappa shape index (κ2) is 11.2. The second-order valence-electron chi connectivity index (χ2n) is 7.50. The van der Waals surface area contributed by atoms with Gasteiger partial charge in [-0.05, 0) is 51.8 Å². The highest BCUT2D eigenvalue weighted by Crippen LogP contribution is 2.23. The van der Waals surface area contributed by atoms with E-state index >= 15 is 0 Å². The predicted octanol–water partition coefficient (Wildman–Crippen LogP) is 3.81. The van der Waals surface area contributed by atoms with Crippen LogP contribution in [0.4, 0.5) is 0 Å². The Hall–Kier alpha value is -2.89. The van der Waals surface area contributed by atoms with Crippen molar-refractivity contribution in [2.45, 2.75) is 55.4 Å². The monoisotopic (exact) mass is 402 g/mol. The van der Waals surface area contributed by atoms with Gasteiger partial charge in [-0.15, -0.1) is 0 Å². The number of allylic oxidation sites excluding steroid dienone is 8. The molecule has 6 heteroatoms. The maximum absolute atomic E-state index is 11.6. The van der Waals surface area contributed by atoms with Gasteiger partial charge in [0, 0.05) is 27.9 Å². The molecule has 0 radical (unpaired) electrons. The highest BCUT2D eigenvalue weighted by molar-refractivity contribution is 6.22. The minimum Gasteiger partial charge on any atom is -0.481 e. The Bertz CT molecular complexity index is 819. The quantitative estimate of drug-likeness (QED) is 0.704. The molecule has 1 N–H and O–H groups in total. The Balaban J connectivity index is 0.000000436. The maximum Gasteiger partial charge on any atom is 0.305 e. The molecular weight excluding hydrogens is 372 g/mol. The summed E-state index contributed by atoms with van der Waals surface area (Å²) in [6, 6.07) is 0. The second-order valence-corrected chi connectivity index (χ2v) is 7.50. The number of aliphatic carboxylic acids is 1. The Morgan fingerprint density at radius 3 is 1.38 bits per heavy atom. The zero-order valence-corrected chi connectivity index (χ0v) is 18.4. The van der Waals surface area contributed by atoms with Crippen LogP contribution in [0.5, 0.6) is 0 Å². The highest BCUT2D eigenvalue weighted by atomic mass is 16.4. The molecule has 0 bridgehead atoms. The molecule has 158 valence electrons. The molecule has 2 aliphatic carbocycles. The molecule has 0 aromatic rings. The van der Waals surface area contributed by atoms with Crippen LogP contribution in [0.3, 0.4) is 0 Å². The van der Waals surface area contributed by atoms with Crippen molar-refractivity contribution in [1.29, 1.82) is 0 Å². The van der Waals surface area contributed by atoms with E-state index in [-0.39, 0.29) is 35.0 Å². The first kappa shape index (κ1) is 26.1. The standard InChI is InChI=1S/C11H14O2.C8H8O2.C4H8O2/c1-6(2)9-5-10(12)7(3)8(4)11(9)13;1-5-6(2)8(10)4-3-7(5)9;1-3(2)4(5)6/h5-6H,1-4H3;3-4H,1-2H3;3H,1-2H3,(H,5,6). The molecule has 0 saturated heterocycles. The molecule has 0 aromatic heterocycles. The van der Waals surface area contributed by atoms with E-state index in [4.69, 9.17) is 5.11 Å². The van der Waals surface area contributed by atoms with E-state index < -0.39 is 5.97 Å². The largest absolute Gasteiger partial charge is 0.481 e. The molecule has 2 aliphatic rings. The van der Waals surface area contributed by atoms with Crippen molar-refractivity contribution >= 4 is 29.1 Å². The van der Waals surface area contributed by atoms with Crippen LogP contribution in [0.1, 0.15) is 55.4 Å². The third-order valence-electron chi connectivity index (χ3n) is 4.63. The third-order valence-corrected chi connectivity index (χ3v) is 4.63. The number of hydrogen-bond donors (Lipinski definition) is 1. The zero-order valence-electron chi connectivity index (χ0n) is 18.4. The van der Waals surface area contributed by atoms with Gasteiger partial charge in [0.25, 0.3) is 0 Å². The fourth-order valence-corrected chi connectivity index (χ4v) is 2.09. The summed E-state index contributed by atoms with van der Waals surface area (Å²) in [5.74, 6) is -0.971. The average Bonchev–Trinajstić information content (AvgIpc) is 2.65. The number of Topliss-reactive ketones (excluding diaryl/α,β-unsaturated/α-hetero) is 1. The number of carbonyl (C=O) groups is 5. The summed E-state index contributed by atoms with van der Waals surface area (Å²) in [7, 11) is 0. The smallest absolute Gasteiger partial charge is 0.305 e. The number of carboxylic acids is 1. The van der Waals surface area contributed by atoms with E-state index in [0.29, 0.717) is 27.9 Å². The highest BCUT2D eigenvalue weighted by Gasteiger charge is 2.24. The molecule has 0 amide bonds. The zero-order chi connectivity index (χ0) is 23.0. The Labute approximate surface area is 172 Å². The lowest BCUT2D eigenvalue weighted by molar-refractivity contribution is -0.140. The molecule has 29 heavy (non-hydrogen) atoms. The van der Waals surface area contributed by atoms with Gasteiger partial charge in [0.2, 0.25) is 0 Å². The molecule has 0 spiro atoms. The molecule has 2 rings (SSSR count). The number of rotatable bonds is 2. The molecule has 0 heterocycles. The van der Waals surface area contributed by atoms with Crippen LogP contribution >= 0.6 is 0 Å². The number of hydrogen-bond acceptors (Lipinski definition) is 5. The van der Waals surface area contributed by atoms with E-state index in [2.05, 4.69) is 0 Å². The summed E-state index contributed by atoms with van der Waals surface area (Å²) in [6.45, 7) is 13.9. The van der Waals surface area contributed by atoms with Crippen LogP contribution in [0.15, 0.2) is 46.1 Å². The molecule has 0 fully saturated rings. The van der Waals surface area contributed by atoms with Gasteiger partial charge in [-0.25, -0.2) is 0 Å². The topological polar surface area (TPSA) is 106 Å². The first-order valence-electron chi connectivity index (χ1n) is 9.37. The first-order chi connectivity index (χ1) is 13.2. The summed E-state index contributed by atoms with van der Waals surface area (Å²) in [6.07, 6.45) is 4.09. The molecular formula is C23H30O6. The van der Waals surface area contributed by atoms with Crippen molar-refractivity contribution in [2.24, 2.45) is 11.8 Å². The van der Waals surface area contributed by atoms with E-state index in [1.807, 2.05) is 13.8 Å². The van der Waals surface area contributed by atoms with Crippen molar-refractivity contribution < 1.29 is 29.1 Å². The average molecular weight is 402 g/mol. The molecule has 0 aromatic carbocycles. The van der Waals surface area contributed by atoms with Crippen LogP contribution < -0.4 is 0 Å². The summed E-state index contributed by atoms with van der Waals surface area (Å²) >= 11 is 0. The lowest BCUT2D eigenvalue weighted by atomic mass is 9.86. The van der Waals surface area contributed by atoms with Crippen LogP contribution in [-0.2, 0) is 24.0 Å². The van der Waals surface area contributed by atoms with Crippen molar-refractivity contribution in [3.8, 4) is 0 Å². The lowest BCUT2D eigenvalue weighted by Gasteiger charge is -2.16. The maximum atomic E-state index is 11.6. The van der Waals surface area contributed by atoms with E-state index in [0.717, 1.165) is 0 Å².